The molecule has 0 radical (unpaired) electrons. The SMILES string of the molecule is C[C@@H]1[C@H](CC(=O)c2cc3c(n2C)CC(C)(C)C3)CCCN1c1nnc(C(N)=O)c(Nc2ccn(C)c2)n1. The largest absolute Gasteiger partial charge is 0.364 e. The van der Waals surface area contributed by atoms with Crippen LogP contribution in [-0.2, 0) is 26.9 Å². The van der Waals surface area contributed by atoms with Gasteiger partial charge in [0.15, 0.2) is 17.3 Å². The predicted octanol–water partition coefficient (Wildman–Crippen LogP) is 3.39. The molecule has 0 saturated carbocycles. The summed E-state index contributed by atoms with van der Waals surface area (Å²) in [4.78, 5) is 32.1. The fraction of sp³-hybridized carbons (Fsp3) is 0.519. The van der Waals surface area contributed by atoms with E-state index in [1.165, 1.54) is 11.3 Å². The summed E-state index contributed by atoms with van der Waals surface area (Å²) in [7, 11) is 3.93. The molecule has 10 nitrogen and oxygen atoms in total. The summed E-state index contributed by atoms with van der Waals surface area (Å²) in [5.74, 6) is 0.344. The van der Waals surface area contributed by atoms with E-state index in [0.29, 0.717) is 12.4 Å². The molecule has 0 bridgehead atoms. The number of piperidine rings is 1. The third-order valence-electron chi connectivity index (χ3n) is 7.90. The number of nitrogens with one attached hydrogen (secondary N) is 1. The number of carbonyl (C=O) groups excluding carboxylic acids is 2. The molecule has 3 aromatic rings. The summed E-state index contributed by atoms with van der Waals surface area (Å²) < 4.78 is 3.99. The number of anilines is 3. The molecule has 2 atom stereocenters. The van der Waals surface area contributed by atoms with Gasteiger partial charge in [-0.1, -0.05) is 13.8 Å². The van der Waals surface area contributed by atoms with Crippen molar-refractivity contribution in [3.8, 4) is 0 Å². The monoisotopic (exact) mass is 504 g/mol. The average Bonchev–Trinajstić information content (AvgIpc) is 3.47. The fourth-order valence-electron chi connectivity index (χ4n) is 5.92. The molecule has 10 heteroatoms. The van der Waals surface area contributed by atoms with E-state index < -0.39 is 5.91 Å². The van der Waals surface area contributed by atoms with Crippen LogP contribution in [0.15, 0.2) is 24.5 Å². The van der Waals surface area contributed by atoms with Gasteiger partial charge in [-0.25, -0.2) is 0 Å². The Balaban J connectivity index is 1.34. The van der Waals surface area contributed by atoms with Crippen molar-refractivity contribution in [3.05, 3.63) is 47.2 Å². The Morgan fingerprint density at radius 2 is 2.00 bits per heavy atom. The van der Waals surface area contributed by atoms with Crippen molar-refractivity contribution < 1.29 is 9.59 Å². The van der Waals surface area contributed by atoms with Crippen LogP contribution in [-0.4, -0.2) is 48.6 Å². The summed E-state index contributed by atoms with van der Waals surface area (Å²) >= 11 is 0. The number of primary amides is 1. The Morgan fingerprint density at radius 1 is 1.22 bits per heavy atom. The van der Waals surface area contributed by atoms with Crippen molar-refractivity contribution >= 4 is 29.1 Å². The fourth-order valence-corrected chi connectivity index (χ4v) is 5.92. The number of nitrogens with two attached hydrogens (primary N) is 1. The van der Waals surface area contributed by atoms with Gasteiger partial charge in [0.1, 0.15) is 0 Å². The lowest BCUT2D eigenvalue weighted by atomic mass is 9.85. The van der Waals surface area contributed by atoms with Gasteiger partial charge in [-0.3, -0.25) is 9.59 Å². The van der Waals surface area contributed by atoms with Crippen molar-refractivity contribution in [1.29, 1.82) is 0 Å². The molecule has 1 aliphatic carbocycles. The van der Waals surface area contributed by atoms with Gasteiger partial charge in [0.25, 0.3) is 5.91 Å². The smallest absolute Gasteiger partial charge is 0.273 e. The molecule has 196 valence electrons. The molecule has 0 spiro atoms. The number of ketones is 1. The molecule has 3 N–H and O–H groups in total. The molecule has 0 unspecified atom stereocenters. The maximum absolute atomic E-state index is 13.4. The molecule has 0 aromatic carbocycles. The van der Waals surface area contributed by atoms with Crippen LogP contribution < -0.4 is 16.0 Å². The number of Topliss-reactive ketones (excluding diaryl/α,β-unsaturated/α-hetero) is 1. The van der Waals surface area contributed by atoms with Crippen LogP contribution in [0.1, 0.15) is 72.3 Å². The van der Waals surface area contributed by atoms with Crippen molar-refractivity contribution in [3.63, 3.8) is 0 Å². The number of fused-ring (bicyclic) bond motifs is 1. The molecular weight excluding hydrogens is 468 g/mol. The van der Waals surface area contributed by atoms with Crippen LogP contribution in [0.3, 0.4) is 0 Å². The molecule has 5 rings (SSSR count). The topological polar surface area (TPSA) is 124 Å². The highest BCUT2D eigenvalue weighted by Crippen LogP contribution is 2.38. The van der Waals surface area contributed by atoms with Crippen molar-refractivity contribution in [2.45, 2.75) is 58.9 Å². The van der Waals surface area contributed by atoms with Gasteiger partial charge in [-0.15, -0.1) is 10.2 Å². The molecule has 2 aliphatic rings. The maximum Gasteiger partial charge on any atom is 0.273 e. The molecule has 1 fully saturated rings. The number of hydrogen-bond acceptors (Lipinski definition) is 7. The predicted molar refractivity (Wildman–Crippen MR) is 142 cm³/mol. The number of aromatic nitrogens is 5. The van der Waals surface area contributed by atoms with Crippen molar-refractivity contribution in [1.82, 2.24) is 24.3 Å². The first-order valence-electron chi connectivity index (χ1n) is 12.9. The highest BCUT2D eigenvalue weighted by Gasteiger charge is 2.35. The molecule has 37 heavy (non-hydrogen) atoms. The number of aryl methyl sites for hydroxylation is 1. The second-order valence-electron chi connectivity index (χ2n) is 11.4. The van der Waals surface area contributed by atoms with Gasteiger partial charge in [0, 0.05) is 51.2 Å². The van der Waals surface area contributed by atoms with E-state index in [4.69, 9.17) is 5.73 Å². The zero-order valence-electron chi connectivity index (χ0n) is 22.3. The highest BCUT2D eigenvalue weighted by molar-refractivity contribution is 5.96. The Labute approximate surface area is 217 Å². The lowest BCUT2D eigenvalue weighted by Crippen LogP contribution is -2.45. The van der Waals surface area contributed by atoms with Gasteiger partial charge in [0.2, 0.25) is 5.95 Å². The number of rotatable bonds is 7. The Morgan fingerprint density at radius 3 is 2.68 bits per heavy atom. The minimum absolute atomic E-state index is 0.0103. The van der Waals surface area contributed by atoms with Gasteiger partial charge in [-0.2, -0.15) is 4.98 Å². The summed E-state index contributed by atoms with van der Waals surface area (Å²) in [6.07, 6.45) is 8.13. The van der Waals surface area contributed by atoms with E-state index >= 15 is 0 Å². The Hall–Kier alpha value is -3.69. The maximum atomic E-state index is 13.4. The molecule has 1 saturated heterocycles. The van der Waals surface area contributed by atoms with E-state index in [2.05, 4.69) is 56.8 Å². The summed E-state index contributed by atoms with van der Waals surface area (Å²) in [5.41, 5.74) is 9.96. The quantitative estimate of drug-likeness (QED) is 0.473. The lowest BCUT2D eigenvalue weighted by Gasteiger charge is -2.39. The minimum Gasteiger partial charge on any atom is -0.364 e. The van der Waals surface area contributed by atoms with Crippen molar-refractivity contribution in [2.75, 3.05) is 16.8 Å². The lowest BCUT2D eigenvalue weighted by molar-refractivity contribution is 0.0936. The van der Waals surface area contributed by atoms with Gasteiger partial charge >= 0.3 is 0 Å². The number of carbonyl (C=O) groups is 2. The first kappa shape index (κ1) is 25.0. The van der Waals surface area contributed by atoms with E-state index in [0.717, 1.165) is 43.6 Å². The number of nitrogens with zero attached hydrogens (tertiary/aromatic N) is 6. The third kappa shape index (κ3) is 4.84. The minimum atomic E-state index is -0.696. The Bertz CT molecular complexity index is 1350. The zero-order chi connectivity index (χ0) is 26.5. The van der Waals surface area contributed by atoms with E-state index in [9.17, 15) is 9.59 Å². The second kappa shape index (κ2) is 9.32. The highest BCUT2D eigenvalue weighted by atomic mass is 16.1. The summed E-state index contributed by atoms with van der Waals surface area (Å²) in [6.45, 7) is 7.42. The van der Waals surface area contributed by atoms with E-state index in [1.54, 1.807) is 0 Å². The van der Waals surface area contributed by atoms with E-state index in [-0.39, 0.29) is 34.7 Å². The van der Waals surface area contributed by atoms with Gasteiger partial charge in [-0.05, 0) is 61.6 Å². The summed E-state index contributed by atoms with van der Waals surface area (Å²) in [5, 5.41) is 11.5. The van der Waals surface area contributed by atoms with Crippen LogP contribution in [0.4, 0.5) is 17.5 Å². The van der Waals surface area contributed by atoms with Crippen LogP contribution in [0.5, 0.6) is 0 Å². The summed E-state index contributed by atoms with van der Waals surface area (Å²) in [6, 6.07) is 4.02. The standard InChI is InChI=1S/C27H36N8O2/c1-16-17(12-22(36)20-11-18-13-27(2,3)14-21(18)34(20)5)7-6-9-35(16)26-30-25(23(24(28)37)31-32-26)29-19-8-10-33(4)15-19/h8,10-11,15-17H,6-7,9,12-14H2,1-5H3,(H2,28,37)(H,29,30,32)/t16-,17+/m1/s1. The first-order chi connectivity index (χ1) is 17.5. The zero-order valence-corrected chi connectivity index (χ0v) is 22.3. The molecule has 4 heterocycles. The van der Waals surface area contributed by atoms with Gasteiger partial charge in [0.05, 0.1) is 11.4 Å². The molecule has 1 aliphatic heterocycles. The average molecular weight is 505 g/mol. The van der Waals surface area contributed by atoms with Crippen LogP contribution in [0.25, 0.3) is 0 Å². The number of hydrogen-bond donors (Lipinski definition) is 2. The van der Waals surface area contributed by atoms with Crippen LogP contribution >= 0.6 is 0 Å². The molecular formula is C27H36N8O2. The molecule has 1 amide bonds. The van der Waals surface area contributed by atoms with E-state index in [1.807, 2.05) is 37.1 Å². The van der Waals surface area contributed by atoms with Crippen LogP contribution in [0, 0.1) is 11.3 Å². The van der Waals surface area contributed by atoms with Crippen LogP contribution in [0.2, 0.25) is 0 Å². The van der Waals surface area contributed by atoms with Gasteiger partial charge < -0.3 is 25.1 Å². The molecule has 3 aromatic heterocycles. The Kier molecular flexibility index (Phi) is 6.29. The van der Waals surface area contributed by atoms with Crippen molar-refractivity contribution in [2.24, 2.45) is 31.2 Å². The first-order valence-corrected chi connectivity index (χ1v) is 12.9. The second-order valence-corrected chi connectivity index (χ2v) is 11.4. The third-order valence-corrected chi connectivity index (χ3v) is 7.90. The number of amides is 1. The normalized spacial score (nSPS) is 20.6.